The molecule has 0 aromatic rings. The maximum Gasteiger partial charge on any atom is 0.317 e. The van der Waals surface area contributed by atoms with Crippen LogP contribution in [0.1, 0.15) is 33.6 Å². The predicted octanol–water partition coefficient (Wildman–Crippen LogP) is 1.78. The Hall–Kier alpha value is -1.26. The fraction of sp³-hybridized carbons (Fsp3) is 0.833. The monoisotopic (exact) mass is 244 g/mol. The molecule has 0 heterocycles. The summed E-state index contributed by atoms with van der Waals surface area (Å²) in [5, 5.41) is 11.6. The topological polar surface area (TPSA) is 69.6 Å². The van der Waals surface area contributed by atoms with Gasteiger partial charge in [-0.1, -0.05) is 13.8 Å². The van der Waals surface area contributed by atoms with Crippen LogP contribution in [0.4, 0.5) is 4.79 Å². The fourth-order valence-corrected chi connectivity index (χ4v) is 1.66. The SMILES string of the molecule is CCN(C)C(=O)NC[C@H](CC(=O)O)CC(C)C. The molecule has 0 aromatic carbocycles. The van der Waals surface area contributed by atoms with E-state index < -0.39 is 5.97 Å². The normalized spacial score (nSPS) is 12.3. The summed E-state index contributed by atoms with van der Waals surface area (Å²) in [6.45, 7) is 7.05. The lowest BCUT2D eigenvalue weighted by Crippen LogP contribution is -2.40. The molecule has 0 aromatic heterocycles. The minimum Gasteiger partial charge on any atom is -0.481 e. The molecule has 5 nitrogen and oxygen atoms in total. The highest BCUT2D eigenvalue weighted by Gasteiger charge is 2.16. The number of nitrogens with zero attached hydrogens (tertiary/aromatic N) is 1. The third kappa shape index (κ3) is 7.60. The first-order valence-electron chi connectivity index (χ1n) is 6.07. The van der Waals surface area contributed by atoms with Crippen molar-refractivity contribution in [1.29, 1.82) is 0 Å². The molecule has 100 valence electrons. The standard InChI is InChI=1S/C12H24N2O3/c1-5-14(4)12(17)13-8-10(6-9(2)3)7-11(15)16/h9-10H,5-8H2,1-4H3,(H,13,17)(H,15,16)/t10-/m0/s1. The number of carbonyl (C=O) groups is 2. The zero-order valence-corrected chi connectivity index (χ0v) is 11.2. The highest BCUT2D eigenvalue weighted by molar-refractivity contribution is 5.74. The quantitative estimate of drug-likeness (QED) is 0.717. The third-order valence-corrected chi connectivity index (χ3v) is 2.63. The van der Waals surface area contributed by atoms with Gasteiger partial charge >= 0.3 is 12.0 Å². The molecule has 0 rings (SSSR count). The molecular formula is C12H24N2O3. The van der Waals surface area contributed by atoms with Crippen LogP contribution >= 0.6 is 0 Å². The molecule has 5 heteroatoms. The van der Waals surface area contributed by atoms with Crippen molar-refractivity contribution in [3.63, 3.8) is 0 Å². The summed E-state index contributed by atoms with van der Waals surface area (Å²) in [5.74, 6) is -0.379. The van der Waals surface area contributed by atoms with Crippen molar-refractivity contribution in [3.8, 4) is 0 Å². The summed E-state index contributed by atoms with van der Waals surface area (Å²) in [7, 11) is 1.71. The average Bonchev–Trinajstić information content (AvgIpc) is 2.22. The van der Waals surface area contributed by atoms with Gasteiger partial charge in [-0.3, -0.25) is 4.79 Å². The van der Waals surface area contributed by atoms with E-state index in [0.717, 1.165) is 6.42 Å². The third-order valence-electron chi connectivity index (χ3n) is 2.63. The molecule has 0 aliphatic heterocycles. The number of amides is 2. The summed E-state index contributed by atoms with van der Waals surface area (Å²) in [4.78, 5) is 23.8. The second-order valence-corrected chi connectivity index (χ2v) is 4.79. The second kappa shape index (κ2) is 7.92. The van der Waals surface area contributed by atoms with E-state index in [0.29, 0.717) is 19.0 Å². The molecular weight excluding hydrogens is 220 g/mol. The fourth-order valence-electron chi connectivity index (χ4n) is 1.66. The lowest BCUT2D eigenvalue weighted by atomic mass is 9.94. The Bertz CT molecular complexity index is 254. The molecule has 0 radical (unpaired) electrons. The number of carbonyl (C=O) groups excluding carboxylic acids is 1. The molecule has 17 heavy (non-hydrogen) atoms. The largest absolute Gasteiger partial charge is 0.481 e. The van der Waals surface area contributed by atoms with Gasteiger partial charge < -0.3 is 15.3 Å². The van der Waals surface area contributed by atoms with Crippen LogP contribution in [0.25, 0.3) is 0 Å². The van der Waals surface area contributed by atoms with Gasteiger partial charge in [-0.2, -0.15) is 0 Å². The summed E-state index contributed by atoms with van der Waals surface area (Å²) in [5.41, 5.74) is 0. The van der Waals surface area contributed by atoms with Gasteiger partial charge in [0.15, 0.2) is 0 Å². The van der Waals surface area contributed by atoms with E-state index in [9.17, 15) is 9.59 Å². The van der Waals surface area contributed by atoms with Crippen LogP contribution in [0.2, 0.25) is 0 Å². The van der Waals surface area contributed by atoms with Crippen LogP contribution in [0.15, 0.2) is 0 Å². The van der Waals surface area contributed by atoms with E-state index in [2.05, 4.69) is 19.2 Å². The molecule has 2 N–H and O–H groups in total. The smallest absolute Gasteiger partial charge is 0.317 e. The second-order valence-electron chi connectivity index (χ2n) is 4.79. The van der Waals surface area contributed by atoms with Crippen molar-refractivity contribution in [2.75, 3.05) is 20.1 Å². The van der Waals surface area contributed by atoms with Gasteiger partial charge in [0.25, 0.3) is 0 Å². The Morgan fingerprint density at radius 2 is 1.94 bits per heavy atom. The molecule has 0 saturated heterocycles. The van der Waals surface area contributed by atoms with Gasteiger partial charge in [0.05, 0.1) is 0 Å². The van der Waals surface area contributed by atoms with Crippen LogP contribution in [-0.2, 0) is 4.79 Å². The number of nitrogens with one attached hydrogen (secondary N) is 1. The molecule has 0 unspecified atom stereocenters. The Balaban J connectivity index is 4.15. The molecule has 0 aliphatic rings. The minimum absolute atomic E-state index is 0.00158. The van der Waals surface area contributed by atoms with Crippen LogP contribution in [0.5, 0.6) is 0 Å². The maximum atomic E-state index is 11.5. The summed E-state index contributed by atoms with van der Waals surface area (Å²) >= 11 is 0. The Kier molecular flexibility index (Phi) is 7.34. The van der Waals surface area contributed by atoms with Crippen molar-refractivity contribution < 1.29 is 14.7 Å². The summed E-state index contributed by atoms with van der Waals surface area (Å²) < 4.78 is 0. The van der Waals surface area contributed by atoms with Gasteiger partial charge in [-0.05, 0) is 25.2 Å². The summed E-state index contributed by atoms with van der Waals surface area (Å²) in [6.07, 6.45) is 0.913. The summed E-state index contributed by atoms with van der Waals surface area (Å²) in [6, 6.07) is -0.147. The van der Waals surface area contributed by atoms with E-state index in [1.54, 1.807) is 11.9 Å². The Morgan fingerprint density at radius 1 is 1.35 bits per heavy atom. The lowest BCUT2D eigenvalue weighted by molar-refractivity contribution is -0.138. The first-order valence-corrected chi connectivity index (χ1v) is 6.07. The van der Waals surface area contributed by atoms with Gasteiger partial charge in [-0.25, -0.2) is 4.79 Å². The van der Waals surface area contributed by atoms with E-state index in [4.69, 9.17) is 5.11 Å². The first-order chi connectivity index (χ1) is 7.86. The van der Waals surface area contributed by atoms with Gasteiger partial charge in [0.1, 0.15) is 0 Å². The zero-order chi connectivity index (χ0) is 13.4. The van der Waals surface area contributed by atoms with E-state index in [1.165, 1.54) is 0 Å². The van der Waals surface area contributed by atoms with Crippen molar-refractivity contribution >= 4 is 12.0 Å². The van der Waals surface area contributed by atoms with Crippen LogP contribution in [-0.4, -0.2) is 42.1 Å². The van der Waals surface area contributed by atoms with E-state index in [1.807, 2.05) is 6.92 Å². The van der Waals surface area contributed by atoms with E-state index >= 15 is 0 Å². The predicted molar refractivity (Wildman–Crippen MR) is 66.9 cm³/mol. The number of hydrogen-bond acceptors (Lipinski definition) is 2. The number of rotatable bonds is 7. The van der Waals surface area contributed by atoms with Crippen molar-refractivity contribution in [3.05, 3.63) is 0 Å². The highest BCUT2D eigenvalue weighted by Crippen LogP contribution is 2.14. The molecule has 1 atom stereocenters. The highest BCUT2D eigenvalue weighted by atomic mass is 16.4. The van der Waals surface area contributed by atoms with Crippen molar-refractivity contribution in [2.24, 2.45) is 11.8 Å². The van der Waals surface area contributed by atoms with Crippen LogP contribution in [0.3, 0.4) is 0 Å². The lowest BCUT2D eigenvalue weighted by Gasteiger charge is -2.20. The number of carboxylic acids is 1. The Labute approximate surface area is 103 Å². The molecule has 2 amide bonds. The van der Waals surface area contributed by atoms with Gasteiger partial charge in [0.2, 0.25) is 0 Å². The molecule has 0 saturated carbocycles. The van der Waals surface area contributed by atoms with Crippen LogP contribution in [0, 0.1) is 11.8 Å². The Morgan fingerprint density at radius 3 is 2.35 bits per heavy atom. The number of carboxylic acid groups (broad SMARTS) is 1. The van der Waals surface area contributed by atoms with Crippen molar-refractivity contribution in [2.45, 2.75) is 33.6 Å². The van der Waals surface area contributed by atoms with E-state index in [-0.39, 0.29) is 18.4 Å². The first kappa shape index (κ1) is 15.7. The molecule has 0 bridgehead atoms. The van der Waals surface area contributed by atoms with Crippen LogP contribution < -0.4 is 5.32 Å². The molecule has 0 aliphatic carbocycles. The number of aliphatic carboxylic acids is 1. The number of urea groups is 1. The van der Waals surface area contributed by atoms with Gasteiger partial charge in [0, 0.05) is 26.6 Å². The minimum atomic E-state index is -0.811. The van der Waals surface area contributed by atoms with Gasteiger partial charge in [-0.15, -0.1) is 0 Å². The van der Waals surface area contributed by atoms with Crippen molar-refractivity contribution in [1.82, 2.24) is 10.2 Å². The average molecular weight is 244 g/mol. The maximum absolute atomic E-state index is 11.5. The molecule has 0 spiro atoms. The molecule has 0 fully saturated rings. The number of hydrogen-bond donors (Lipinski definition) is 2. The zero-order valence-electron chi connectivity index (χ0n) is 11.2.